The summed E-state index contributed by atoms with van der Waals surface area (Å²) in [5.74, 6) is -0.257. The van der Waals surface area contributed by atoms with E-state index in [2.05, 4.69) is 42.6 Å². The Bertz CT molecular complexity index is 463. The van der Waals surface area contributed by atoms with Crippen molar-refractivity contribution in [3.8, 4) is 0 Å². The molecule has 0 bridgehead atoms. The molecule has 0 radical (unpaired) electrons. The summed E-state index contributed by atoms with van der Waals surface area (Å²) in [5.41, 5.74) is 3.33. The number of allylic oxidation sites excluding steroid dienone is 1. The molecule has 0 aromatic rings. The topological polar surface area (TPSA) is 53.9 Å². The highest BCUT2D eigenvalue weighted by atomic mass is 16.5. The molecule has 1 heterocycles. The molecule has 1 saturated heterocycles. The summed E-state index contributed by atoms with van der Waals surface area (Å²) in [6, 6.07) is 0. The molecule has 1 saturated carbocycles. The Kier molecular flexibility index (Phi) is 8.62. The van der Waals surface area contributed by atoms with Crippen LogP contribution in [0, 0.1) is 0 Å². The average molecular weight is 321 g/mol. The van der Waals surface area contributed by atoms with Gasteiger partial charge < -0.3 is 15.0 Å². The fraction of sp³-hybridized carbons (Fsp3) is 0.667. The lowest BCUT2D eigenvalue weighted by molar-refractivity contribution is -0.143. The Morgan fingerprint density at radius 2 is 2.00 bits per heavy atom. The molecule has 1 aliphatic heterocycles. The number of ether oxygens (including phenoxy) is 1. The summed E-state index contributed by atoms with van der Waals surface area (Å²) >= 11 is 0. The van der Waals surface area contributed by atoms with Gasteiger partial charge in [0.25, 0.3) is 0 Å². The van der Waals surface area contributed by atoms with Crippen LogP contribution in [0.1, 0.15) is 47.0 Å². The van der Waals surface area contributed by atoms with Gasteiger partial charge >= 0.3 is 5.97 Å². The molecule has 23 heavy (non-hydrogen) atoms. The second-order valence-corrected chi connectivity index (χ2v) is 5.84. The summed E-state index contributed by atoms with van der Waals surface area (Å²) in [4.78, 5) is 17.9. The fourth-order valence-corrected chi connectivity index (χ4v) is 2.87. The highest BCUT2D eigenvalue weighted by Gasteiger charge is 2.32. The van der Waals surface area contributed by atoms with Crippen molar-refractivity contribution in [3.63, 3.8) is 0 Å². The van der Waals surface area contributed by atoms with Crippen molar-refractivity contribution >= 4 is 11.7 Å². The maximum absolute atomic E-state index is 11.2. The molecular weight excluding hydrogens is 290 g/mol. The number of esters is 1. The minimum Gasteiger partial charge on any atom is -0.456 e. The van der Waals surface area contributed by atoms with Gasteiger partial charge in [0.1, 0.15) is 6.10 Å². The fourth-order valence-electron chi connectivity index (χ4n) is 2.87. The number of carbonyl (C=O) groups excluding carboxylic acids is 1. The molecule has 1 unspecified atom stereocenters. The lowest BCUT2D eigenvalue weighted by Crippen LogP contribution is -2.43. The molecule has 5 nitrogen and oxygen atoms in total. The SMILES string of the molecule is C=CN=C1/C(=C(\C)N2CCNCC2)CCC1OC(C)=O.CCC. The summed E-state index contributed by atoms with van der Waals surface area (Å²) in [7, 11) is 0. The Balaban J connectivity index is 0.000000816. The zero-order valence-corrected chi connectivity index (χ0v) is 15.0. The van der Waals surface area contributed by atoms with Gasteiger partial charge in [-0.1, -0.05) is 26.8 Å². The van der Waals surface area contributed by atoms with Crippen molar-refractivity contribution < 1.29 is 9.53 Å². The second kappa shape index (κ2) is 10.2. The molecule has 2 fully saturated rings. The Morgan fingerprint density at radius 3 is 2.52 bits per heavy atom. The standard InChI is InChI=1S/C15H23N3O2.C3H8/c1-4-17-15-13(5-6-14(15)20-12(3)19)11(2)18-9-7-16-8-10-18;1-3-2/h4,14,16H,1,5-10H2,2-3H3;3H2,1-2H3/b13-11+,17-15?;. The van der Waals surface area contributed by atoms with Crippen LogP contribution in [0.25, 0.3) is 0 Å². The van der Waals surface area contributed by atoms with Gasteiger partial charge in [-0.2, -0.15) is 0 Å². The van der Waals surface area contributed by atoms with E-state index >= 15 is 0 Å². The first kappa shape index (κ1) is 19.4. The maximum atomic E-state index is 11.2. The van der Waals surface area contributed by atoms with E-state index in [0.717, 1.165) is 44.7 Å². The average Bonchev–Trinajstić information content (AvgIpc) is 2.91. The third-order valence-electron chi connectivity index (χ3n) is 3.84. The molecule has 130 valence electrons. The Hall–Kier alpha value is -1.62. The number of nitrogens with one attached hydrogen (secondary N) is 1. The van der Waals surface area contributed by atoms with Crippen molar-refractivity contribution in [2.45, 2.75) is 53.1 Å². The van der Waals surface area contributed by atoms with Crippen LogP contribution >= 0.6 is 0 Å². The van der Waals surface area contributed by atoms with Crippen LogP contribution in [0.15, 0.2) is 29.0 Å². The largest absolute Gasteiger partial charge is 0.456 e. The van der Waals surface area contributed by atoms with E-state index in [1.54, 1.807) is 0 Å². The number of carbonyl (C=O) groups is 1. The molecule has 1 aliphatic carbocycles. The number of nitrogens with zero attached hydrogens (tertiary/aromatic N) is 2. The van der Waals surface area contributed by atoms with Crippen LogP contribution in [0.2, 0.25) is 0 Å². The van der Waals surface area contributed by atoms with Gasteiger partial charge in [0, 0.05) is 45.0 Å². The second-order valence-electron chi connectivity index (χ2n) is 5.84. The number of rotatable bonds is 3. The van der Waals surface area contributed by atoms with Gasteiger partial charge in [-0.05, 0) is 25.3 Å². The van der Waals surface area contributed by atoms with Crippen LogP contribution < -0.4 is 5.32 Å². The monoisotopic (exact) mass is 321 g/mol. The maximum Gasteiger partial charge on any atom is 0.303 e. The minimum absolute atomic E-state index is 0.224. The summed E-state index contributed by atoms with van der Waals surface area (Å²) in [6.07, 6.45) is 4.27. The lowest BCUT2D eigenvalue weighted by atomic mass is 10.1. The molecule has 0 amide bonds. The first-order valence-electron chi connectivity index (χ1n) is 8.56. The van der Waals surface area contributed by atoms with Crippen molar-refractivity contribution in [1.29, 1.82) is 0 Å². The molecule has 1 N–H and O–H groups in total. The van der Waals surface area contributed by atoms with Crippen LogP contribution in [0.5, 0.6) is 0 Å². The third kappa shape index (κ3) is 5.82. The van der Waals surface area contributed by atoms with Gasteiger partial charge in [0.2, 0.25) is 0 Å². The van der Waals surface area contributed by atoms with Crippen LogP contribution in [-0.2, 0) is 9.53 Å². The molecule has 1 atom stereocenters. The van der Waals surface area contributed by atoms with Crippen molar-refractivity contribution in [2.24, 2.45) is 4.99 Å². The van der Waals surface area contributed by atoms with Crippen LogP contribution in [-0.4, -0.2) is 48.9 Å². The number of hydrogen-bond acceptors (Lipinski definition) is 5. The highest BCUT2D eigenvalue weighted by Crippen LogP contribution is 2.29. The van der Waals surface area contributed by atoms with Crippen molar-refractivity contribution in [2.75, 3.05) is 26.2 Å². The van der Waals surface area contributed by atoms with E-state index in [-0.39, 0.29) is 12.1 Å². The highest BCUT2D eigenvalue weighted by molar-refractivity contribution is 6.07. The van der Waals surface area contributed by atoms with E-state index in [1.165, 1.54) is 30.8 Å². The number of piperazine rings is 1. The van der Waals surface area contributed by atoms with E-state index < -0.39 is 0 Å². The zero-order valence-electron chi connectivity index (χ0n) is 15.0. The van der Waals surface area contributed by atoms with Crippen molar-refractivity contribution in [1.82, 2.24) is 10.2 Å². The quantitative estimate of drug-likeness (QED) is 0.812. The Morgan fingerprint density at radius 1 is 1.39 bits per heavy atom. The number of aliphatic imine (C=N–C) groups is 1. The van der Waals surface area contributed by atoms with Gasteiger partial charge in [-0.3, -0.25) is 9.79 Å². The molecular formula is C18H31N3O2. The molecule has 5 heteroatoms. The summed E-state index contributed by atoms with van der Waals surface area (Å²) in [6.45, 7) is 15.5. The first-order chi connectivity index (χ1) is 11.0. The van der Waals surface area contributed by atoms with Gasteiger partial charge in [-0.15, -0.1) is 0 Å². The minimum atomic E-state index is -0.257. The third-order valence-corrected chi connectivity index (χ3v) is 3.84. The van der Waals surface area contributed by atoms with Crippen LogP contribution in [0.3, 0.4) is 0 Å². The zero-order chi connectivity index (χ0) is 17.2. The lowest BCUT2D eigenvalue weighted by Gasteiger charge is -2.31. The van der Waals surface area contributed by atoms with E-state index in [0.29, 0.717) is 0 Å². The predicted octanol–water partition coefficient (Wildman–Crippen LogP) is 2.89. The summed E-state index contributed by atoms with van der Waals surface area (Å²) in [5, 5.41) is 3.35. The van der Waals surface area contributed by atoms with Crippen LogP contribution in [0.4, 0.5) is 0 Å². The van der Waals surface area contributed by atoms with Gasteiger partial charge in [-0.25, -0.2) is 0 Å². The van der Waals surface area contributed by atoms with Gasteiger partial charge in [0.05, 0.1) is 5.71 Å². The smallest absolute Gasteiger partial charge is 0.303 e. The molecule has 0 spiro atoms. The number of hydrogen-bond donors (Lipinski definition) is 1. The first-order valence-corrected chi connectivity index (χ1v) is 8.56. The van der Waals surface area contributed by atoms with E-state index in [1.807, 2.05) is 0 Å². The molecule has 2 aliphatic rings. The van der Waals surface area contributed by atoms with E-state index in [9.17, 15) is 4.79 Å². The molecule has 2 rings (SSSR count). The van der Waals surface area contributed by atoms with E-state index in [4.69, 9.17) is 4.74 Å². The summed E-state index contributed by atoms with van der Waals surface area (Å²) < 4.78 is 5.36. The predicted molar refractivity (Wildman–Crippen MR) is 95.5 cm³/mol. The molecule has 0 aromatic carbocycles. The normalized spacial score (nSPS) is 24.8. The Labute approximate surface area is 140 Å². The van der Waals surface area contributed by atoms with Crippen molar-refractivity contribution in [3.05, 3.63) is 24.0 Å². The molecule has 0 aromatic heterocycles. The van der Waals surface area contributed by atoms with Gasteiger partial charge in [0.15, 0.2) is 0 Å².